The second-order valence-electron chi connectivity index (χ2n) is 10.3. The summed E-state index contributed by atoms with van der Waals surface area (Å²) in [5.41, 5.74) is 2.46. The van der Waals surface area contributed by atoms with Gasteiger partial charge in [0.2, 0.25) is 11.8 Å². The quantitative estimate of drug-likeness (QED) is 0.260. The van der Waals surface area contributed by atoms with Crippen LogP contribution >= 0.6 is 11.3 Å². The van der Waals surface area contributed by atoms with E-state index in [-0.39, 0.29) is 24.1 Å². The van der Waals surface area contributed by atoms with Crippen molar-refractivity contribution >= 4 is 28.3 Å². The summed E-state index contributed by atoms with van der Waals surface area (Å²) >= 11 is 1.28. The number of rotatable bonds is 12. The first-order chi connectivity index (χ1) is 19.3. The number of methoxy groups -OCH3 is 1. The molecule has 2 heterocycles. The lowest BCUT2D eigenvalue weighted by Crippen LogP contribution is -2.39. The highest BCUT2D eigenvalue weighted by molar-refractivity contribution is 7.14. The highest BCUT2D eigenvalue weighted by Gasteiger charge is 2.40. The Labute approximate surface area is 235 Å². The van der Waals surface area contributed by atoms with Gasteiger partial charge in [0.15, 0.2) is 5.13 Å². The highest BCUT2D eigenvalue weighted by atomic mass is 32.1. The number of ether oxygens (including phenoxy) is 2. The Bertz CT molecular complexity index is 1340. The first kappa shape index (κ1) is 27.9. The average molecular weight is 572 g/mol. The third-order valence-electron chi connectivity index (χ3n) is 7.46. The van der Waals surface area contributed by atoms with Crippen LogP contribution in [-0.2, 0) is 9.59 Å². The van der Waals surface area contributed by atoms with E-state index < -0.39 is 18.5 Å². The summed E-state index contributed by atoms with van der Waals surface area (Å²) < 4.78 is 35.9. The predicted octanol–water partition coefficient (Wildman–Crippen LogP) is 6.65. The number of alkyl halides is 2. The Morgan fingerprint density at radius 2 is 1.90 bits per heavy atom. The summed E-state index contributed by atoms with van der Waals surface area (Å²) in [6, 6.07) is 8.12. The van der Waals surface area contributed by atoms with E-state index in [0.29, 0.717) is 40.2 Å². The Morgan fingerprint density at radius 1 is 1.12 bits per heavy atom. The molecule has 0 aliphatic heterocycles. The number of carbonyl (C=O) groups is 2. The van der Waals surface area contributed by atoms with Gasteiger partial charge in [-0.15, -0.1) is 11.3 Å². The van der Waals surface area contributed by atoms with Crippen LogP contribution in [-0.4, -0.2) is 46.7 Å². The van der Waals surface area contributed by atoms with Crippen LogP contribution in [0.2, 0.25) is 0 Å². The fraction of sp³-hybridized carbons (Fsp3) is 0.448. The number of carboxylic acids is 1. The van der Waals surface area contributed by atoms with Crippen molar-refractivity contribution in [1.29, 1.82) is 0 Å². The zero-order valence-corrected chi connectivity index (χ0v) is 22.9. The van der Waals surface area contributed by atoms with Gasteiger partial charge in [0.1, 0.15) is 5.75 Å². The van der Waals surface area contributed by atoms with E-state index in [1.807, 2.05) is 6.07 Å². The monoisotopic (exact) mass is 571 g/mol. The van der Waals surface area contributed by atoms with Crippen molar-refractivity contribution in [2.24, 2.45) is 11.8 Å². The largest absolute Gasteiger partial charge is 0.481 e. The molecule has 2 aliphatic rings. The minimum absolute atomic E-state index is 0.0158. The van der Waals surface area contributed by atoms with E-state index in [2.05, 4.69) is 9.72 Å². The molecule has 0 unspecified atom stereocenters. The van der Waals surface area contributed by atoms with E-state index >= 15 is 0 Å². The molecule has 2 aromatic heterocycles. The van der Waals surface area contributed by atoms with Crippen molar-refractivity contribution in [1.82, 2.24) is 9.97 Å². The van der Waals surface area contributed by atoms with Crippen molar-refractivity contribution in [2.45, 2.75) is 64.0 Å². The van der Waals surface area contributed by atoms with E-state index in [9.17, 15) is 23.5 Å². The smallest absolute Gasteiger partial charge is 0.387 e. The summed E-state index contributed by atoms with van der Waals surface area (Å²) in [6.45, 7) is -2.98. The molecule has 0 bridgehead atoms. The predicted molar refractivity (Wildman–Crippen MR) is 147 cm³/mol. The fourth-order valence-corrected chi connectivity index (χ4v) is 6.31. The van der Waals surface area contributed by atoms with Gasteiger partial charge >= 0.3 is 12.6 Å². The first-order valence-corrected chi connectivity index (χ1v) is 14.3. The van der Waals surface area contributed by atoms with E-state index in [0.717, 1.165) is 44.1 Å². The Hall–Kier alpha value is -3.60. The second kappa shape index (κ2) is 12.3. The standard InChI is InChI=1S/C29H31F2N3O5S/c1-38-25-11-6-18(15-32-25)22-10-9-21(39-28(30)31)14-23(22)24-16-40-29(33-24)34(20-7-8-20)27(37)19(13-26(35)36)12-17-4-2-3-5-17/h6,9-11,14-17,19-20,28H,2-5,7-8,12-13H2,1H3,(H,35,36)/t19-/m1/s1. The number of aliphatic carboxylic acids is 1. The fourth-order valence-electron chi connectivity index (χ4n) is 5.41. The van der Waals surface area contributed by atoms with Crippen LogP contribution in [0.25, 0.3) is 22.4 Å². The van der Waals surface area contributed by atoms with Gasteiger partial charge < -0.3 is 14.6 Å². The molecular formula is C29H31F2N3O5S. The Balaban J connectivity index is 1.48. The second-order valence-corrected chi connectivity index (χ2v) is 11.1. The summed E-state index contributed by atoms with van der Waals surface area (Å²) in [5, 5.41) is 11.8. The summed E-state index contributed by atoms with van der Waals surface area (Å²) in [7, 11) is 1.52. The van der Waals surface area contributed by atoms with Gasteiger partial charge in [0.05, 0.1) is 19.2 Å². The number of benzene rings is 1. The molecule has 212 valence electrons. The Kier molecular flexibility index (Phi) is 8.58. The normalized spacial score (nSPS) is 16.2. The van der Waals surface area contributed by atoms with Crippen molar-refractivity contribution in [3.8, 4) is 34.0 Å². The minimum Gasteiger partial charge on any atom is -0.481 e. The van der Waals surface area contributed by atoms with Gasteiger partial charge in [-0.05, 0) is 55.0 Å². The van der Waals surface area contributed by atoms with Gasteiger partial charge in [0.25, 0.3) is 0 Å². The van der Waals surface area contributed by atoms with Crippen LogP contribution in [0.4, 0.5) is 13.9 Å². The van der Waals surface area contributed by atoms with E-state index in [1.54, 1.807) is 28.6 Å². The summed E-state index contributed by atoms with van der Waals surface area (Å²) in [6.07, 6.45) is 7.89. The van der Waals surface area contributed by atoms with Gasteiger partial charge in [-0.1, -0.05) is 25.7 Å². The molecule has 3 aromatic rings. The molecule has 1 amide bonds. The molecule has 0 radical (unpaired) electrons. The zero-order valence-electron chi connectivity index (χ0n) is 22.1. The number of nitrogens with zero attached hydrogens (tertiary/aromatic N) is 3. The number of carboxylic acid groups (broad SMARTS) is 1. The molecule has 0 saturated heterocycles. The van der Waals surface area contributed by atoms with Crippen molar-refractivity contribution in [3.05, 3.63) is 41.9 Å². The number of carbonyl (C=O) groups excluding carboxylic acids is 1. The van der Waals surface area contributed by atoms with Crippen LogP contribution in [0.1, 0.15) is 51.4 Å². The number of amides is 1. The topological polar surface area (TPSA) is 102 Å². The zero-order chi connectivity index (χ0) is 28.2. The van der Waals surface area contributed by atoms with E-state index in [4.69, 9.17) is 9.72 Å². The maximum Gasteiger partial charge on any atom is 0.387 e. The molecule has 40 heavy (non-hydrogen) atoms. The molecule has 2 saturated carbocycles. The number of thiazole rings is 1. The Morgan fingerprint density at radius 3 is 2.52 bits per heavy atom. The highest BCUT2D eigenvalue weighted by Crippen LogP contribution is 2.41. The van der Waals surface area contributed by atoms with Gasteiger partial charge in [-0.2, -0.15) is 8.78 Å². The van der Waals surface area contributed by atoms with E-state index in [1.165, 1.54) is 30.6 Å². The van der Waals surface area contributed by atoms with Crippen LogP contribution in [0.5, 0.6) is 11.6 Å². The molecule has 2 aliphatic carbocycles. The van der Waals surface area contributed by atoms with Gasteiger partial charge in [0, 0.05) is 40.7 Å². The van der Waals surface area contributed by atoms with Crippen LogP contribution in [0.15, 0.2) is 41.9 Å². The lowest BCUT2D eigenvalue weighted by atomic mass is 9.90. The number of aromatic nitrogens is 2. The molecule has 1 N–H and O–H groups in total. The van der Waals surface area contributed by atoms with Gasteiger partial charge in [-0.3, -0.25) is 14.5 Å². The number of hydrogen-bond donors (Lipinski definition) is 1. The third kappa shape index (κ3) is 6.57. The number of pyridine rings is 1. The number of halogens is 2. The molecule has 1 aromatic carbocycles. The minimum atomic E-state index is -2.98. The lowest BCUT2D eigenvalue weighted by Gasteiger charge is -2.26. The van der Waals surface area contributed by atoms with Crippen molar-refractivity contribution in [3.63, 3.8) is 0 Å². The third-order valence-corrected chi connectivity index (χ3v) is 8.30. The van der Waals surface area contributed by atoms with Crippen LogP contribution in [0.3, 0.4) is 0 Å². The number of hydrogen-bond acceptors (Lipinski definition) is 7. The molecule has 2 fully saturated rings. The van der Waals surface area contributed by atoms with Crippen LogP contribution in [0, 0.1) is 11.8 Å². The molecule has 11 heteroatoms. The average Bonchev–Trinajstić information content (AvgIpc) is 3.40. The van der Waals surface area contributed by atoms with Crippen molar-refractivity contribution < 1.29 is 33.0 Å². The molecule has 5 rings (SSSR count). The maximum atomic E-state index is 13.8. The molecule has 0 spiro atoms. The number of anilines is 1. The summed E-state index contributed by atoms with van der Waals surface area (Å²) in [4.78, 5) is 36.2. The first-order valence-electron chi connectivity index (χ1n) is 13.4. The molecule has 8 nitrogen and oxygen atoms in total. The lowest BCUT2D eigenvalue weighted by molar-refractivity contribution is -0.141. The molecular weight excluding hydrogens is 540 g/mol. The van der Waals surface area contributed by atoms with Gasteiger partial charge in [-0.25, -0.2) is 9.97 Å². The SMILES string of the molecule is COc1ccc(-c2ccc(OC(F)F)cc2-c2csc(N(C(=O)[C@@H](CC(=O)O)CC3CCCC3)C3CC3)n2)cn1. The molecule has 1 atom stereocenters. The van der Waals surface area contributed by atoms with Crippen molar-refractivity contribution in [2.75, 3.05) is 12.0 Å². The maximum absolute atomic E-state index is 13.8. The summed E-state index contributed by atoms with van der Waals surface area (Å²) in [5.74, 6) is -1.02. The van der Waals surface area contributed by atoms with Crippen LogP contribution < -0.4 is 14.4 Å².